The Morgan fingerprint density at radius 1 is 1.75 bits per heavy atom. The summed E-state index contributed by atoms with van der Waals surface area (Å²) in [6, 6.07) is -0.0592. The highest BCUT2D eigenvalue weighted by Gasteiger charge is 2.36. The first kappa shape index (κ1) is 7.67. The van der Waals surface area contributed by atoms with Crippen molar-refractivity contribution in [2.75, 3.05) is 0 Å². The zero-order chi connectivity index (χ0) is 8.72. The summed E-state index contributed by atoms with van der Waals surface area (Å²) >= 11 is 3.27. The van der Waals surface area contributed by atoms with Crippen LogP contribution in [0.25, 0.3) is 0 Å². The van der Waals surface area contributed by atoms with Crippen LogP contribution < -0.4 is 5.32 Å². The SMILES string of the molecule is O=C(O)C1=C[C@H]2OC=C(Br)[C@H]2N1. The molecule has 2 rings (SSSR count). The third-order valence-electron chi connectivity index (χ3n) is 1.84. The maximum Gasteiger partial charge on any atom is 0.351 e. The fourth-order valence-electron chi connectivity index (χ4n) is 1.25. The zero-order valence-corrected chi connectivity index (χ0v) is 7.54. The first-order chi connectivity index (χ1) is 5.68. The van der Waals surface area contributed by atoms with Crippen molar-refractivity contribution in [2.24, 2.45) is 0 Å². The number of halogens is 1. The van der Waals surface area contributed by atoms with Gasteiger partial charge in [-0.2, -0.15) is 0 Å². The van der Waals surface area contributed by atoms with Gasteiger partial charge in [-0.1, -0.05) is 0 Å². The van der Waals surface area contributed by atoms with E-state index in [1.54, 1.807) is 12.3 Å². The van der Waals surface area contributed by atoms with Crippen LogP contribution in [0, 0.1) is 0 Å². The van der Waals surface area contributed by atoms with E-state index in [9.17, 15) is 4.79 Å². The summed E-state index contributed by atoms with van der Waals surface area (Å²) in [5.41, 5.74) is 0.204. The van der Waals surface area contributed by atoms with Gasteiger partial charge < -0.3 is 15.2 Å². The molecule has 0 amide bonds. The second kappa shape index (κ2) is 2.52. The van der Waals surface area contributed by atoms with Crippen molar-refractivity contribution >= 4 is 21.9 Å². The summed E-state index contributed by atoms with van der Waals surface area (Å²) in [5.74, 6) is -0.951. The van der Waals surface area contributed by atoms with E-state index in [0.717, 1.165) is 4.48 Å². The molecule has 0 aromatic carbocycles. The molecule has 0 radical (unpaired) electrons. The first-order valence-electron chi connectivity index (χ1n) is 3.41. The Hall–Kier alpha value is -0.970. The molecule has 0 aromatic heterocycles. The molecule has 2 atom stereocenters. The van der Waals surface area contributed by atoms with E-state index in [1.165, 1.54) is 0 Å². The Morgan fingerprint density at radius 3 is 3.08 bits per heavy atom. The van der Waals surface area contributed by atoms with Gasteiger partial charge in [0.15, 0.2) is 0 Å². The van der Waals surface area contributed by atoms with Crippen molar-refractivity contribution in [1.82, 2.24) is 5.32 Å². The average Bonchev–Trinajstić information content (AvgIpc) is 2.53. The van der Waals surface area contributed by atoms with Gasteiger partial charge in [0.05, 0.1) is 10.7 Å². The number of carbonyl (C=O) groups is 1. The highest BCUT2D eigenvalue weighted by Crippen LogP contribution is 2.29. The normalized spacial score (nSPS) is 31.4. The predicted octanol–water partition coefficient (Wildman–Crippen LogP) is 0.562. The third-order valence-corrected chi connectivity index (χ3v) is 2.52. The molecule has 0 aliphatic carbocycles. The molecule has 0 saturated carbocycles. The summed E-state index contributed by atoms with van der Waals surface area (Å²) in [4.78, 5) is 10.5. The van der Waals surface area contributed by atoms with E-state index >= 15 is 0 Å². The summed E-state index contributed by atoms with van der Waals surface area (Å²) in [6.45, 7) is 0. The van der Waals surface area contributed by atoms with Crippen LogP contribution in [0.4, 0.5) is 0 Å². The minimum Gasteiger partial charge on any atom is -0.490 e. The number of fused-ring (bicyclic) bond motifs is 1. The number of carboxylic acids is 1. The second-order valence-electron chi connectivity index (χ2n) is 2.61. The minimum absolute atomic E-state index is 0.0592. The number of hydrogen-bond acceptors (Lipinski definition) is 3. The molecule has 0 aromatic rings. The van der Waals surface area contributed by atoms with E-state index in [-0.39, 0.29) is 17.8 Å². The van der Waals surface area contributed by atoms with Crippen molar-refractivity contribution in [3.63, 3.8) is 0 Å². The topological polar surface area (TPSA) is 58.6 Å². The molecule has 2 heterocycles. The van der Waals surface area contributed by atoms with Gasteiger partial charge in [-0.3, -0.25) is 0 Å². The molecule has 4 nitrogen and oxygen atoms in total. The Bertz CT molecular complexity index is 297. The second-order valence-corrected chi connectivity index (χ2v) is 3.53. The number of aliphatic carboxylic acids is 1. The van der Waals surface area contributed by atoms with Crippen LogP contribution in [0.5, 0.6) is 0 Å². The Balaban J connectivity index is 2.17. The molecular weight excluding hydrogens is 226 g/mol. The fourth-order valence-corrected chi connectivity index (χ4v) is 1.73. The van der Waals surface area contributed by atoms with E-state index in [2.05, 4.69) is 21.2 Å². The Labute approximate surface area is 77.0 Å². The molecule has 2 aliphatic heterocycles. The highest BCUT2D eigenvalue weighted by atomic mass is 79.9. The van der Waals surface area contributed by atoms with Crippen molar-refractivity contribution < 1.29 is 14.6 Å². The van der Waals surface area contributed by atoms with Crippen molar-refractivity contribution in [3.05, 3.63) is 22.5 Å². The number of carboxylic acid groups (broad SMARTS) is 1. The van der Waals surface area contributed by atoms with Crippen LogP contribution in [0.15, 0.2) is 22.5 Å². The lowest BCUT2D eigenvalue weighted by Crippen LogP contribution is -2.30. The highest BCUT2D eigenvalue weighted by molar-refractivity contribution is 9.11. The van der Waals surface area contributed by atoms with Gasteiger partial charge in [0.1, 0.15) is 17.8 Å². The molecule has 0 fully saturated rings. The fraction of sp³-hybridized carbons (Fsp3) is 0.286. The average molecular weight is 232 g/mol. The molecule has 0 unspecified atom stereocenters. The molecular formula is C7H6BrNO3. The molecule has 0 saturated heterocycles. The van der Waals surface area contributed by atoms with Crippen molar-refractivity contribution in [1.29, 1.82) is 0 Å². The van der Waals surface area contributed by atoms with Crippen LogP contribution >= 0.6 is 15.9 Å². The first-order valence-corrected chi connectivity index (χ1v) is 4.20. The molecule has 5 heteroatoms. The third kappa shape index (κ3) is 1.01. The van der Waals surface area contributed by atoms with E-state index < -0.39 is 5.97 Å². The maximum atomic E-state index is 10.5. The Kier molecular flexibility index (Phi) is 1.61. The molecule has 12 heavy (non-hydrogen) atoms. The van der Waals surface area contributed by atoms with Gasteiger partial charge in [-0.25, -0.2) is 4.79 Å². The minimum atomic E-state index is -0.951. The van der Waals surface area contributed by atoms with Crippen LogP contribution in [0.3, 0.4) is 0 Å². The smallest absolute Gasteiger partial charge is 0.351 e. The maximum absolute atomic E-state index is 10.5. The van der Waals surface area contributed by atoms with Gasteiger partial charge in [0, 0.05) is 0 Å². The van der Waals surface area contributed by atoms with Crippen LogP contribution in [-0.2, 0) is 9.53 Å². The van der Waals surface area contributed by atoms with Gasteiger partial charge in [-0.15, -0.1) is 0 Å². The van der Waals surface area contributed by atoms with E-state index in [0.29, 0.717) is 0 Å². The lowest BCUT2D eigenvalue weighted by Gasteiger charge is -2.09. The largest absolute Gasteiger partial charge is 0.490 e. The predicted molar refractivity (Wildman–Crippen MR) is 44.5 cm³/mol. The lowest BCUT2D eigenvalue weighted by molar-refractivity contribution is -0.133. The van der Waals surface area contributed by atoms with E-state index in [1.807, 2.05) is 0 Å². The monoisotopic (exact) mass is 231 g/mol. The summed E-state index contributed by atoms with van der Waals surface area (Å²) in [7, 11) is 0. The van der Waals surface area contributed by atoms with Crippen LogP contribution in [0.1, 0.15) is 0 Å². The number of hydrogen-bond donors (Lipinski definition) is 2. The standard InChI is InChI=1S/C7H6BrNO3/c8-3-2-12-5-1-4(7(10)11)9-6(3)5/h1-2,5-6,9H,(H,10,11)/t5-,6-/m1/s1. The Morgan fingerprint density at radius 2 is 2.50 bits per heavy atom. The zero-order valence-electron chi connectivity index (χ0n) is 5.95. The number of ether oxygens (including phenoxy) is 1. The summed E-state index contributed by atoms with van der Waals surface area (Å²) in [5, 5.41) is 11.5. The van der Waals surface area contributed by atoms with Crippen LogP contribution in [0.2, 0.25) is 0 Å². The number of rotatable bonds is 1. The summed E-state index contributed by atoms with van der Waals surface area (Å²) in [6.07, 6.45) is 2.97. The van der Waals surface area contributed by atoms with Crippen molar-refractivity contribution in [2.45, 2.75) is 12.1 Å². The van der Waals surface area contributed by atoms with E-state index in [4.69, 9.17) is 9.84 Å². The molecule has 0 spiro atoms. The quantitative estimate of drug-likeness (QED) is 0.693. The van der Waals surface area contributed by atoms with Gasteiger partial charge in [-0.05, 0) is 22.0 Å². The van der Waals surface area contributed by atoms with Crippen molar-refractivity contribution in [3.8, 4) is 0 Å². The molecule has 0 bridgehead atoms. The van der Waals surface area contributed by atoms with Gasteiger partial charge in [0.25, 0.3) is 0 Å². The summed E-state index contributed by atoms with van der Waals surface area (Å²) < 4.78 is 6.01. The number of nitrogens with one attached hydrogen (secondary N) is 1. The lowest BCUT2D eigenvalue weighted by atomic mass is 10.2. The molecule has 2 N–H and O–H groups in total. The van der Waals surface area contributed by atoms with Gasteiger partial charge >= 0.3 is 5.97 Å². The molecule has 2 aliphatic rings. The molecule has 64 valence electrons. The van der Waals surface area contributed by atoms with Crippen LogP contribution in [-0.4, -0.2) is 23.2 Å². The van der Waals surface area contributed by atoms with Gasteiger partial charge in [0.2, 0.25) is 0 Å².